The van der Waals surface area contributed by atoms with Gasteiger partial charge < -0.3 is 9.26 Å². The van der Waals surface area contributed by atoms with Crippen molar-refractivity contribution >= 4 is 11.6 Å². The highest BCUT2D eigenvalue weighted by atomic mass is 16.5. The summed E-state index contributed by atoms with van der Waals surface area (Å²) in [7, 11) is 0. The molecule has 3 aromatic rings. The molecule has 0 amide bonds. The van der Waals surface area contributed by atoms with Gasteiger partial charge in [0.05, 0.1) is 6.61 Å². The highest BCUT2D eigenvalue weighted by Crippen LogP contribution is 2.19. The summed E-state index contributed by atoms with van der Waals surface area (Å²) in [6, 6.07) is 3.62. The average Bonchev–Trinajstić information content (AvgIpc) is 3.15. The Balaban J connectivity index is 1.86. The third-order valence-corrected chi connectivity index (χ3v) is 3.28. The zero-order valence-corrected chi connectivity index (χ0v) is 13.0. The minimum Gasteiger partial charge on any atom is -0.466 e. The first-order valence-corrected chi connectivity index (χ1v) is 7.53. The molecule has 0 bridgehead atoms. The first kappa shape index (κ1) is 15.1. The van der Waals surface area contributed by atoms with Gasteiger partial charge >= 0.3 is 5.97 Å². The molecule has 3 rings (SSSR count). The minimum absolute atomic E-state index is 0.0789. The molecule has 0 aliphatic carbocycles. The van der Waals surface area contributed by atoms with Crippen molar-refractivity contribution in [3.8, 4) is 11.5 Å². The Morgan fingerprint density at radius 1 is 1.35 bits per heavy atom. The van der Waals surface area contributed by atoms with E-state index in [4.69, 9.17) is 9.26 Å². The summed E-state index contributed by atoms with van der Waals surface area (Å²) in [5.74, 6) is 1.34. The van der Waals surface area contributed by atoms with Crippen LogP contribution in [-0.4, -0.2) is 37.3 Å². The van der Waals surface area contributed by atoms with Gasteiger partial charge in [-0.2, -0.15) is 4.98 Å². The standard InChI is InChI=1S/C15H17N5O3/c1-3-5-11-16-15(23-19-11)10-6-7-20-12(8-10)17-18-13(20)9-14(21)22-4-2/h6-8H,3-5,9H2,1-2H3. The molecule has 0 atom stereocenters. The summed E-state index contributed by atoms with van der Waals surface area (Å²) in [5, 5.41) is 12.0. The molecule has 0 N–H and O–H groups in total. The Kier molecular flexibility index (Phi) is 4.31. The van der Waals surface area contributed by atoms with Crippen LogP contribution >= 0.6 is 0 Å². The van der Waals surface area contributed by atoms with E-state index in [9.17, 15) is 4.79 Å². The lowest BCUT2D eigenvalue weighted by Gasteiger charge is -2.01. The molecule has 120 valence electrons. The van der Waals surface area contributed by atoms with E-state index >= 15 is 0 Å². The quantitative estimate of drug-likeness (QED) is 0.640. The van der Waals surface area contributed by atoms with E-state index in [-0.39, 0.29) is 12.4 Å². The molecule has 0 saturated heterocycles. The molecule has 0 spiro atoms. The summed E-state index contributed by atoms with van der Waals surface area (Å²) < 4.78 is 11.9. The van der Waals surface area contributed by atoms with Crippen LogP contribution in [0.4, 0.5) is 0 Å². The fourth-order valence-electron chi connectivity index (χ4n) is 2.23. The smallest absolute Gasteiger partial charge is 0.313 e. The second-order valence-corrected chi connectivity index (χ2v) is 5.01. The van der Waals surface area contributed by atoms with Gasteiger partial charge in [0.25, 0.3) is 5.89 Å². The lowest BCUT2D eigenvalue weighted by atomic mass is 10.2. The molecular weight excluding hydrogens is 298 g/mol. The van der Waals surface area contributed by atoms with Gasteiger partial charge in [-0.05, 0) is 25.5 Å². The van der Waals surface area contributed by atoms with E-state index < -0.39 is 0 Å². The molecule has 0 saturated carbocycles. The summed E-state index contributed by atoms with van der Waals surface area (Å²) >= 11 is 0. The van der Waals surface area contributed by atoms with Crippen molar-refractivity contribution < 1.29 is 14.1 Å². The molecule has 3 aromatic heterocycles. The molecule has 0 aliphatic heterocycles. The molecule has 0 unspecified atom stereocenters. The number of aromatic nitrogens is 5. The number of carbonyl (C=O) groups excluding carboxylic acids is 1. The van der Waals surface area contributed by atoms with E-state index in [0.717, 1.165) is 18.4 Å². The van der Waals surface area contributed by atoms with Crippen molar-refractivity contribution in [3.63, 3.8) is 0 Å². The summed E-state index contributed by atoms with van der Waals surface area (Å²) in [6.45, 7) is 4.17. The average molecular weight is 315 g/mol. The van der Waals surface area contributed by atoms with Crippen LogP contribution in [0, 0.1) is 0 Å². The number of nitrogens with zero attached hydrogens (tertiary/aromatic N) is 5. The van der Waals surface area contributed by atoms with Gasteiger partial charge in [0.1, 0.15) is 12.2 Å². The van der Waals surface area contributed by atoms with Crippen LogP contribution in [0.25, 0.3) is 17.1 Å². The highest BCUT2D eigenvalue weighted by Gasteiger charge is 2.14. The van der Waals surface area contributed by atoms with E-state index in [1.165, 1.54) is 0 Å². The second-order valence-electron chi connectivity index (χ2n) is 5.01. The van der Waals surface area contributed by atoms with Gasteiger partial charge in [-0.1, -0.05) is 12.1 Å². The minimum atomic E-state index is -0.327. The van der Waals surface area contributed by atoms with E-state index in [2.05, 4.69) is 27.3 Å². The van der Waals surface area contributed by atoms with E-state index in [1.807, 2.05) is 6.07 Å². The van der Waals surface area contributed by atoms with Gasteiger partial charge in [0, 0.05) is 18.2 Å². The number of hydrogen-bond acceptors (Lipinski definition) is 7. The predicted octanol–water partition coefficient (Wildman–Crippen LogP) is 1.84. The Bertz CT molecular complexity index is 823. The number of ether oxygens (including phenoxy) is 1. The number of pyridine rings is 1. The van der Waals surface area contributed by atoms with Crippen molar-refractivity contribution in [2.24, 2.45) is 0 Å². The summed E-state index contributed by atoms with van der Waals surface area (Å²) in [5.41, 5.74) is 1.37. The van der Waals surface area contributed by atoms with Crippen LogP contribution in [0.5, 0.6) is 0 Å². The van der Waals surface area contributed by atoms with Crippen molar-refractivity contribution in [2.75, 3.05) is 6.61 Å². The zero-order valence-electron chi connectivity index (χ0n) is 13.0. The third-order valence-electron chi connectivity index (χ3n) is 3.28. The Hall–Kier alpha value is -2.77. The topological polar surface area (TPSA) is 95.4 Å². The number of rotatable bonds is 6. The first-order chi connectivity index (χ1) is 11.2. The highest BCUT2D eigenvalue weighted by molar-refractivity contribution is 5.72. The maximum absolute atomic E-state index is 11.6. The van der Waals surface area contributed by atoms with Gasteiger partial charge in [-0.3, -0.25) is 9.20 Å². The Morgan fingerprint density at radius 2 is 2.22 bits per heavy atom. The van der Waals surface area contributed by atoms with Gasteiger partial charge in [-0.25, -0.2) is 0 Å². The fourth-order valence-corrected chi connectivity index (χ4v) is 2.23. The monoisotopic (exact) mass is 315 g/mol. The number of carbonyl (C=O) groups is 1. The van der Waals surface area contributed by atoms with Gasteiger partial charge in [-0.15, -0.1) is 10.2 Å². The lowest BCUT2D eigenvalue weighted by Crippen LogP contribution is -2.10. The van der Waals surface area contributed by atoms with Crippen molar-refractivity contribution in [1.82, 2.24) is 24.7 Å². The zero-order chi connectivity index (χ0) is 16.2. The Labute approximate surface area is 132 Å². The van der Waals surface area contributed by atoms with Gasteiger partial charge in [0.2, 0.25) is 0 Å². The second kappa shape index (κ2) is 6.55. The van der Waals surface area contributed by atoms with Crippen molar-refractivity contribution in [3.05, 3.63) is 30.0 Å². The molecular formula is C15H17N5O3. The van der Waals surface area contributed by atoms with Crippen LogP contribution in [0.2, 0.25) is 0 Å². The summed E-state index contributed by atoms with van der Waals surface area (Å²) in [6.07, 6.45) is 3.60. The van der Waals surface area contributed by atoms with Crippen LogP contribution in [-0.2, 0) is 22.4 Å². The SMILES string of the molecule is CCCc1noc(-c2ccn3c(CC(=O)OCC)nnc3c2)n1. The molecule has 23 heavy (non-hydrogen) atoms. The number of esters is 1. The maximum Gasteiger partial charge on any atom is 0.313 e. The third kappa shape index (κ3) is 3.20. The molecule has 0 fully saturated rings. The van der Waals surface area contributed by atoms with Crippen LogP contribution in [0.3, 0.4) is 0 Å². The molecule has 0 radical (unpaired) electrons. The van der Waals surface area contributed by atoms with Crippen molar-refractivity contribution in [1.29, 1.82) is 0 Å². The number of aryl methyl sites for hydroxylation is 1. The molecule has 0 aliphatic rings. The first-order valence-electron chi connectivity index (χ1n) is 7.53. The number of hydrogen-bond donors (Lipinski definition) is 0. The molecule has 3 heterocycles. The molecule has 0 aromatic carbocycles. The fraction of sp³-hybridized carbons (Fsp3) is 0.400. The predicted molar refractivity (Wildman–Crippen MR) is 80.6 cm³/mol. The van der Waals surface area contributed by atoms with Crippen LogP contribution in [0.1, 0.15) is 31.9 Å². The lowest BCUT2D eigenvalue weighted by molar-refractivity contribution is -0.142. The van der Waals surface area contributed by atoms with Crippen LogP contribution in [0.15, 0.2) is 22.9 Å². The molecule has 8 heteroatoms. The van der Waals surface area contributed by atoms with Crippen molar-refractivity contribution in [2.45, 2.75) is 33.1 Å². The van der Waals surface area contributed by atoms with E-state index in [0.29, 0.717) is 29.8 Å². The maximum atomic E-state index is 11.6. The number of fused-ring (bicyclic) bond motifs is 1. The van der Waals surface area contributed by atoms with E-state index in [1.54, 1.807) is 23.6 Å². The summed E-state index contributed by atoms with van der Waals surface area (Å²) in [4.78, 5) is 15.9. The van der Waals surface area contributed by atoms with Crippen LogP contribution < -0.4 is 0 Å². The normalized spacial score (nSPS) is 11.0. The largest absolute Gasteiger partial charge is 0.466 e. The Morgan fingerprint density at radius 3 is 3.00 bits per heavy atom. The molecule has 8 nitrogen and oxygen atoms in total. The van der Waals surface area contributed by atoms with Gasteiger partial charge in [0.15, 0.2) is 11.5 Å².